The number of hydrogen-bond donors (Lipinski definition) is 1. The second-order valence-electron chi connectivity index (χ2n) is 5.04. The fourth-order valence-electron chi connectivity index (χ4n) is 2.40. The Morgan fingerprint density at radius 3 is 2.95 bits per heavy atom. The lowest BCUT2D eigenvalue weighted by atomic mass is 10.1. The van der Waals surface area contributed by atoms with Gasteiger partial charge in [0.25, 0.3) is 5.91 Å². The molecule has 7 heteroatoms. The lowest BCUT2D eigenvalue weighted by Crippen LogP contribution is -2.57. The van der Waals surface area contributed by atoms with Crippen LogP contribution in [0.5, 0.6) is 0 Å². The Bertz CT molecular complexity index is 596. The van der Waals surface area contributed by atoms with Crippen molar-refractivity contribution in [2.75, 3.05) is 13.1 Å². The highest BCUT2D eigenvalue weighted by Crippen LogP contribution is 2.22. The van der Waals surface area contributed by atoms with Gasteiger partial charge >= 0.3 is 0 Å². The summed E-state index contributed by atoms with van der Waals surface area (Å²) in [4.78, 5) is 14.3. The van der Waals surface area contributed by atoms with Crippen LogP contribution in [0.25, 0.3) is 11.5 Å². The molecule has 0 aromatic carbocycles. The average molecular weight is 312 g/mol. The van der Waals surface area contributed by atoms with Gasteiger partial charge in [-0.1, -0.05) is 5.16 Å². The molecule has 114 valence electrons. The average Bonchev–Trinajstić information content (AvgIpc) is 3.11. The number of furan rings is 1. The van der Waals surface area contributed by atoms with Crippen molar-refractivity contribution < 1.29 is 13.7 Å². The van der Waals surface area contributed by atoms with Crippen LogP contribution in [0.15, 0.2) is 33.4 Å². The Hall–Kier alpha value is -1.79. The fraction of sp³-hybridized carbons (Fsp3) is 0.429. The van der Waals surface area contributed by atoms with E-state index in [2.05, 4.69) is 17.4 Å². The van der Waals surface area contributed by atoms with Crippen LogP contribution in [-0.4, -0.2) is 41.1 Å². The van der Waals surface area contributed by atoms with E-state index in [1.54, 1.807) is 24.5 Å². The minimum atomic E-state index is -0.104. The summed E-state index contributed by atoms with van der Waals surface area (Å²) in [5.74, 6) is 0.930. The van der Waals surface area contributed by atoms with Gasteiger partial charge in [-0.3, -0.25) is 4.79 Å². The van der Waals surface area contributed by atoms with Crippen LogP contribution in [0.2, 0.25) is 0 Å². The summed E-state index contributed by atoms with van der Waals surface area (Å²) in [6.45, 7) is 5.57. The van der Waals surface area contributed by atoms with E-state index in [0.29, 0.717) is 23.8 Å². The largest absolute Gasteiger partial charge is 0.461 e. The first kappa shape index (κ1) is 15.6. The monoisotopic (exact) mass is 311 g/mol. The lowest BCUT2D eigenvalue weighted by molar-refractivity contribution is 0.0592. The lowest BCUT2D eigenvalue weighted by Gasteiger charge is -2.38. The van der Waals surface area contributed by atoms with Gasteiger partial charge in [-0.2, -0.15) is 0 Å². The summed E-state index contributed by atoms with van der Waals surface area (Å²) in [5.41, 5.74) is 0.317. The van der Waals surface area contributed by atoms with E-state index in [-0.39, 0.29) is 30.4 Å². The number of halogens is 1. The van der Waals surface area contributed by atoms with Crippen molar-refractivity contribution in [2.45, 2.75) is 25.9 Å². The Morgan fingerprint density at radius 2 is 2.24 bits per heavy atom. The van der Waals surface area contributed by atoms with Crippen LogP contribution in [0.3, 0.4) is 0 Å². The molecular formula is C14H18ClN3O3. The summed E-state index contributed by atoms with van der Waals surface area (Å²) in [7, 11) is 0. The molecule has 0 radical (unpaired) electrons. The number of nitrogens with zero attached hydrogens (tertiary/aromatic N) is 2. The first-order chi connectivity index (χ1) is 9.66. The molecule has 0 spiro atoms. The summed E-state index contributed by atoms with van der Waals surface area (Å²) >= 11 is 0. The van der Waals surface area contributed by atoms with Crippen molar-refractivity contribution in [3.05, 3.63) is 30.2 Å². The van der Waals surface area contributed by atoms with Gasteiger partial charge in [-0.05, 0) is 26.0 Å². The molecule has 21 heavy (non-hydrogen) atoms. The molecule has 2 aromatic heterocycles. The molecular weight excluding hydrogens is 294 g/mol. The highest BCUT2D eigenvalue weighted by molar-refractivity contribution is 5.93. The molecule has 0 aliphatic carbocycles. The molecule has 0 bridgehead atoms. The molecule has 6 nitrogen and oxygen atoms in total. The molecule has 1 N–H and O–H groups in total. The molecule has 3 heterocycles. The van der Waals surface area contributed by atoms with Crippen molar-refractivity contribution in [1.82, 2.24) is 15.4 Å². The molecule has 0 saturated carbocycles. The zero-order chi connectivity index (χ0) is 14.1. The van der Waals surface area contributed by atoms with Gasteiger partial charge in [0.15, 0.2) is 11.5 Å². The Balaban J connectivity index is 0.00000161. The maximum absolute atomic E-state index is 12.5. The van der Waals surface area contributed by atoms with Crippen molar-refractivity contribution in [3.63, 3.8) is 0 Å². The zero-order valence-electron chi connectivity index (χ0n) is 11.9. The van der Waals surface area contributed by atoms with Crippen LogP contribution in [0.4, 0.5) is 0 Å². The highest BCUT2D eigenvalue weighted by Gasteiger charge is 2.30. The van der Waals surface area contributed by atoms with Gasteiger partial charge in [0.05, 0.1) is 6.26 Å². The predicted octanol–water partition coefficient (Wildman–Crippen LogP) is 2.18. The summed E-state index contributed by atoms with van der Waals surface area (Å²) < 4.78 is 10.4. The number of hydrogen-bond acceptors (Lipinski definition) is 5. The zero-order valence-corrected chi connectivity index (χ0v) is 12.7. The number of rotatable bonds is 2. The smallest absolute Gasteiger partial charge is 0.276 e. The molecule has 1 fully saturated rings. The van der Waals surface area contributed by atoms with Crippen molar-refractivity contribution in [3.8, 4) is 11.5 Å². The fourth-order valence-corrected chi connectivity index (χ4v) is 2.40. The maximum atomic E-state index is 12.5. The normalized spacial score (nSPS) is 21.9. The van der Waals surface area contributed by atoms with E-state index >= 15 is 0 Å². The third kappa shape index (κ3) is 2.96. The molecule has 1 aliphatic rings. The Labute approximate surface area is 128 Å². The molecule has 2 aromatic rings. The van der Waals surface area contributed by atoms with Crippen LogP contribution in [0.1, 0.15) is 24.3 Å². The first-order valence-corrected chi connectivity index (χ1v) is 6.72. The summed E-state index contributed by atoms with van der Waals surface area (Å²) in [6.07, 6.45) is 1.55. The molecule has 1 aliphatic heterocycles. The van der Waals surface area contributed by atoms with E-state index in [1.807, 2.05) is 11.8 Å². The Kier molecular flexibility index (Phi) is 4.69. The van der Waals surface area contributed by atoms with Gasteiger partial charge in [0, 0.05) is 31.2 Å². The summed E-state index contributed by atoms with van der Waals surface area (Å²) in [5, 5.41) is 7.20. The number of carbonyl (C=O) groups is 1. The van der Waals surface area contributed by atoms with Crippen LogP contribution < -0.4 is 5.32 Å². The standard InChI is InChI=1S/C14H17N3O3.ClH/c1-9-10(2)17(6-5-15-9)14(18)11-8-13(20-16-11)12-4-3-7-19-12;/h3-4,7-10,15H,5-6H2,1-2H3;1H. The van der Waals surface area contributed by atoms with E-state index in [1.165, 1.54) is 0 Å². The number of carbonyl (C=O) groups excluding carboxylic acids is 1. The third-order valence-corrected chi connectivity index (χ3v) is 3.79. The first-order valence-electron chi connectivity index (χ1n) is 6.72. The number of amides is 1. The SMILES string of the molecule is CC1NCCN(C(=O)c2cc(-c3ccco3)on2)C1C.Cl. The highest BCUT2D eigenvalue weighted by atomic mass is 35.5. The number of aromatic nitrogens is 1. The second kappa shape index (κ2) is 6.32. The van der Waals surface area contributed by atoms with E-state index in [0.717, 1.165) is 6.54 Å². The van der Waals surface area contributed by atoms with E-state index in [4.69, 9.17) is 8.94 Å². The summed E-state index contributed by atoms with van der Waals surface area (Å²) in [6, 6.07) is 5.55. The van der Waals surface area contributed by atoms with Gasteiger partial charge in [0.2, 0.25) is 5.76 Å². The third-order valence-electron chi connectivity index (χ3n) is 3.79. The molecule has 1 amide bonds. The van der Waals surface area contributed by atoms with Crippen molar-refractivity contribution >= 4 is 18.3 Å². The van der Waals surface area contributed by atoms with Gasteiger partial charge < -0.3 is 19.2 Å². The molecule has 2 atom stereocenters. The maximum Gasteiger partial charge on any atom is 0.276 e. The number of piperazine rings is 1. The van der Waals surface area contributed by atoms with Crippen molar-refractivity contribution in [1.29, 1.82) is 0 Å². The quantitative estimate of drug-likeness (QED) is 0.920. The second-order valence-corrected chi connectivity index (χ2v) is 5.04. The number of nitrogens with one attached hydrogen (secondary N) is 1. The van der Waals surface area contributed by atoms with Gasteiger partial charge in [-0.15, -0.1) is 12.4 Å². The van der Waals surface area contributed by atoms with Gasteiger partial charge in [-0.25, -0.2) is 0 Å². The van der Waals surface area contributed by atoms with E-state index < -0.39 is 0 Å². The predicted molar refractivity (Wildman–Crippen MR) is 79.4 cm³/mol. The minimum Gasteiger partial charge on any atom is -0.461 e. The molecule has 1 saturated heterocycles. The minimum absolute atomic E-state index is 0. The molecule has 3 rings (SSSR count). The van der Waals surface area contributed by atoms with Crippen molar-refractivity contribution in [2.24, 2.45) is 0 Å². The topological polar surface area (TPSA) is 71.5 Å². The van der Waals surface area contributed by atoms with Gasteiger partial charge in [0.1, 0.15) is 0 Å². The van der Waals surface area contributed by atoms with Crippen LogP contribution in [-0.2, 0) is 0 Å². The van der Waals surface area contributed by atoms with Crippen LogP contribution in [0, 0.1) is 0 Å². The molecule has 2 unspecified atom stereocenters. The van der Waals surface area contributed by atoms with Crippen LogP contribution >= 0.6 is 12.4 Å². The Morgan fingerprint density at radius 1 is 1.43 bits per heavy atom. The van der Waals surface area contributed by atoms with E-state index in [9.17, 15) is 4.79 Å².